The minimum absolute atomic E-state index is 0.0637. The first-order valence-electron chi connectivity index (χ1n) is 8.30. The van der Waals surface area contributed by atoms with E-state index in [0.717, 1.165) is 39.3 Å². The fraction of sp³-hybridized carbons (Fsp3) is 0.750. The zero-order chi connectivity index (χ0) is 16.0. The van der Waals surface area contributed by atoms with E-state index in [4.69, 9.17) is 9.47 Å². The van der Waals surface area contributed by atoms with Crippen LogP contribution in [0, 0.1) is 11.8 Å². The van der Waals surface area contributed by atoms with Gasteiger partial charge in [-0.3, -0.25) is 14.5 Å². The average Bonchev–Trinajstić information content (AvgIpc) is 3.17. The monoisotopic (exact) mass is 322 g/mol. The van der Waals surface area contributed by atoms with E-state index in [0.29, 0.717) is 13.1 Å². The molecular formula is C16H22N2O5. The molecule has 126 valence electrons. The molecule has 4 aliphatic heterocycles. The Morgan fingerprint density at radius 3 is 2.87 bits per heavy atom. The Morgan fingerprint density at radius 2 is 2.13 bits per heavy atom. The fourth-order valence-corrected chi connectivity index (χ4v) is 4.36. The highest BCUT2D eigenvalue weighted by Crippen LogP contribution is 2.51. The number of carbonyl (C=O) groups excluding carboxylic acids is 1. The van der Waals surface area contributed by atoms with E-state index in [2.05, 4.69) is 4.90 Å². The van der Waals surface area contributed by atoms with E-state index in [1.807, 2.05) is 6.08 Å². The summed E-state index contributed by atoms with van der Waals surface area (Å²) in [4.78, 5) is 28.3. The van der Waals surface area contributed by atoms with Crippen LogP contribution in [0.15, 0.2) is 12.2 Å². The van der Waals surface area contributed by atoms with Crippen LogP contribution in [0.5, 0.6) is 0 Å². The molecule has 0 aromatic rings. The van der Waals surface area contributed by atoms with E-state index < -0.39 is 29.5 Å². The maximum absolute atomic E-state index is 12.7. The van der Waals surface area contributed by atoms with Crippen LogP contribution in [-0.2, 0) is 19.1 Å². The smallest absolute Gasteiger partial charge is 0.310 e. The second-order valence-electron chi connectivity index (χ2n) is 6.81. The fourth-order valence-electron chi connectivity index (χ4n) is 4.36. The second kappa shape index (κ2) is 5.58. The predicted molar refractivity (Wildman–Crippen MR) is 79.8 cm³/mol. The van der Waals surface area contributed by atoms with Crippen LogP contribution in [0.3, 0.4) is 0 Å². The van der Waals surface area contributed by atoms with Crippen molar-refractivity contribution in [2.75, 3.05) is 45.9 Å². The van der Waals surface area contributed by atoms with Crippen molar-refractivity contribution in [2.45, 2.75) is 18.1 Å². The number of aliphatic carboxylic acids is 1. The van der Waals surface area contributed by atoms with Crippen molar-refractivity contribution in [2.24, 2.45) is 11.8 Å². The molecule has 3 fully saturated rings. The van der Waals surface area contributed by atoms with Gasteiger partial charge in [-0.1, -0.05) is 12.2 Å². The van der Waals surface area contributed by atoms with Gasteiger partial charge in [-0.05, 0) is 6.42 Å². The van der Waals surface area contributed by atoms with Crippen molar-refractivity contribution < 1.29 is 24.2 Å². The molecule has 4 heterocycles. The highest BCUT2D eigenvalue weighted by atomic mass is 16.5. The number of carboxylic acid groups (broad SMARTS) is 1. The molecule has 0 radical (unpaired) electrons. The maximum atomic E-state index is 12.7. The lowest BCUT2D eigenvalue weighted by molar-refractivity contribution is -0.148. The van der Waals surface area contributed by atoms with Crippen molar-refractivity contribution in [1.82, 2.24) is 9.80 Å². The molecule has 0 aromatic carbocycles. The van der Waals surface area contributed by atoms with E-state index in [1.54, 1.807) is 11.0 Å². The standard InChI is InChI=1S/C16H22N2O5/c19-14-13-12(15(20)21)11-2-3-16(13,23-11)10-18(14)5-1-4-17-6-8-22-9-7-17/h2-3,11-13H,1,4-10H2,(H,20,21)/t11-,12+,13-,16+/m1/s1. The maximum Gasteiger partial charge on any atom is 0.310 e. The van der Waals surface area contributed by atoms with E-state index in [9.17, 15) is 14.7 Å². The Labute approximate surface area is 134 Å². The van der Waals surface area contributed by atoms with Gasteiger partial charge in [0, 0.05) is 26.2 Å². The van der Waals surface area contributed by atoms with Crippen LogP contribution in [0.1, 0.15) is 6.42 Å². The molecule has 4 rings (SSSR count). The first-order valence-corrected chi connectivity index (χ1v) is 8.30. The van der Waals surface area contributed by atoms with Crippen molar-refractivity contribution in [3.8, 4) is 0 Å². The zero-order valence-electron chi connectivity index (χ0n) is 13.0. The van der Waals surface area contributed by atoms with Crippen molar-refractivity contribution in [3.63, 3.8) is 0 Å². The first kappa shape index (κ1) is 15.1. The minimum Gasteiger partial charge on any atom is -0.481 e. The Hall–Kier alpha value is -1.44. The number of carbonyl (C=O) groups is 2. The number of carboxylic acids is 1. The zero-order valence-corrected chi connectivity index (χ0v) is 13.0. The topological polar surface area (TPSA) is 79.3 Å². The summed E-state index contributed by atoms with van der Waals surface area (Å²) in [6.07, 6.45) is 4.15. The third-order valence-electron chi connectivity index (χ3n) is 5.47. The van der Waals surface area contributed by atoms with Gasteiger partial charge in [-0.15, -0.1) is 0 Å². The Morgan fingerprint density at radius 1 is 1.35 bits per heavy atom. The summed E-state index contributed by atoms with van der Waals surface area (Å²) in [6, 6.07) is 0. The third kappa shape index (κ3) is 2.38. The van der Waals surface area contributed by atoms with Gasteiger partial charge in [0.2, 0.25) is 5.91 Å². The molecule has 1 N–H and O–H groups in total. The molecule has 4 atom stereocenters. The second-order valence-corrected chi connectivity index (χ2v) is 6.81. The van der Waals surface area contributed by atoms with Crippen LogP contribution in [0.4, 0.5) is 0 Å². The largest absolute Gasteiger partial charge is 0.481 e. The molecule has 7 nitrogen and oxygen atoms in total. The van der Waals surface area contributed by atoms with Crippen molar-refractivity contribution in [3.05, 3.63) is 12.2 Å². The lowest BCUT2D eigenvalue weighted by Crippen LogP contribution is -2.40. The number of ether oxygens (including phenoxy) is 2. The van der Waals surface area contributed by atoms with Gasteiger partial charge in [0.1, 0.15) is 11.5 Å². The summed E-state index contributed by atoms with van der Waals surface area (Å²) >= 11 is 0. The Balaban J connectivity index is 1.38. The summed E-state index contributed by atoms with van der Waals surface area (Å²) < 4.78 is 11.2. The number of rotatable bonds is 5. The van der Waals surface area contributed by atoms with Gasteiger partial charge in [-0.2, -0.15) is 0 Å². The quantitative estimate of drug-likeness (QED) is 0.692. The minimum atomic E-state index is -0.935. The lowest BCUT2D eigenvalue weighted by atomic mass is 9.77. The van der Waals surface area contributed by atoms with E-state index in [-0.39, 0.29) is 5.91 Å². The SMILES string of the molecule is O=C(O)[C@H]1[C@H]2C=C[C@@]3(CN(CCCN4CCOCC4)C(=O)[C@@H]13)O2. The third-order valence-corrected chi connectivity index (χ3v) is 5.47. The van der Waals surface area contributed by atoms with E-state index >= 15 is 0 Å². The Bertz CT molecular complexity index is 545. The molecule has 7 heteroatoms. The number of likely N-dealkylation sites (tertiary alicyclic amines) is 1. The van der Waals surface area contributed by atoms with E-state index in [1.165, 1.54) is 0 Å². The summed E-state index contributed by atoms with van der Waals surface area (Å²) in [5, 5.41) is 9.43. The summed E-state index contributed by atoms with van der Waals surface area (Å²) in [7, 11) is 0. The molecular weight excluding hydrogens is 300 g/mol. The number of morpholine rings is 1. The molecule has 1 amide bonds. The van der Waals surface area contributed by atoms with Crippen LogP contribution >= 0.6 is 0 Å². The number of amides is 1. The van der Waals surface area contributed by atoms with Gasteiger partial charge in [0.25, 0.3) is 0 Å². The molecule has 0 unspecified atom stereocenters. The highest BCUT2D eigenvalue weighted by Gasteiger charge is 2.66. The van der Waals surface area contributed by atoms with Gasteiger partial charge in [0.05, 0.1) is 31.8 Å². The average molecular weight is 322 g/mol. The van der Waals surface area contributed by atoms with Crippen LogP contribution in [0.2, 0.25) is 0 Å². The molecule has 0 saturated carbocycles. The number of fused-ring (bicyclic) bond motifs is 1. The van der Waals surface area contributed by atoms with Crippen LogP contribution in [-0.4, -0.2) is 84.4 Å². The molecule has 23 heavy (non-hydrogen) atoms. The molecule has 0 aromatic heterocycles. The normalized spacial score (nSPS) is 39.2. The first-order chi connectivity index (χ1) is 11.1. The summed E-state index contributed by atoms with van der Waals surface area (Å²) in [5.74, 6) is -2.30. The van der Waals surface area contributed by atoms with Crippen molar-refractivity contribution >= 4 is 11.9 Å². The number of hydrogen-bond donors (Lipinski definition) is 1. The molecule has 2 bridgehead atoms. The molecule has 4 aliphatic rings. The van der Waals surface area contributed by atoms with Crippen molar-refractivity contribution in [1.29, 1.82) is 0 Å². The number of nitrogens with zero attached hydrogens (tertiary/aromatic N) is 2. The Kier molecular flexibility index (Phi) is 3.66. The lowest BCUT2D eigenvalue weighted by Gasteiger charge is -2.27. The van der Waals surface area contributed by atoms with Gasteiger partial charge in [-0.25, -0.2) is 0 Å². The van der Waals surface area contributed by atoms with Crippen LogP contribution < -0.4 is 0 Å². The van der Waals surface area contributed by atoms with Crippen LogP contribution in [0.25, 0.3) is 0 Å². The molecule has 0 aliphatic carbocycles. The van der Waals surface area contributed by atoms with Gasteiger partial charge in [0.15, 0.2) is 0 Å². The predicted octanol–water partition coefficient (Wildman–Crippen LogP) is -0.425. The summed E-state index contributed by atoms with van der Waals surface area (Å²) in [6.45, 7) is 5.50. The van der Waals surface area contributed by atoms with Gasteiger partial charge < -0.3 is 19.5 Å². The molecule has 1 spiro atoms. The summed E-state index contributed by atoms with van der Waals surface area (Å²) in [5.41, 5.74) is -0.705. The molecule has 3 saturated heterocycles. The van der Waals surface area contributed by atoms with Gasteiger partial charge >= 0.3 is 5.97 Å². The highest BCUT2D eigenvalue weighted by molar-refractivity contribution is 5.90. The number of hydrogen-bond acceptors (Lipinski definition) is 5.